The molecule has 0 aliphatic rings. The van der Waals surface area contributed by atoms with Crippen LogP contribution in [0.5, 0.6) is 0 Å². The summed E-state index contributed by atoms with van der Waals surface area (Å²) in [5.74, 6) is 0.971. The van der Waals surface area contributed by atoms with E-state index in [-0.39, 0.29) is 11.9 Å². The van der Waals surface area contributed by atoms with Crippen LogP contribution in [-0.2, 0) is 11.8 Å². The van der Waals surface area contributed by atoms with E-state index < -0.39 is 0 Å². The fraction of sp³-hybridized carbons (Fsp3) is 0.263. The van der Waals surface area contributed by atoms with Crippen molar-refractivity contribution < 1.29 is 4.79 Å². The average Bonchev–Trinajstić information content (AvgIpc) is 2.96. The normalized spacial score (nSPS) is 12.2. The summed E-state index contributed by atoms with van der Waals surface area (Å²) < 4.78 is 2.11. The van der Waals surface area contributed by atoms with Crippen molar-refractivity contribution in [1.29, 1.82) is 0 Å². The number of nitrogens with zero attached hydrogens (tertiary/aromatic N) is 2. The molecular formula is C19H22N4O. The topological polar surface area (TPSA) is 59.0 Å². The van der Waals surface area contributed by atoms with Gasteiger partial charge in [0.05, 0.1) is 17.1 Å². The summed E-state index contributed by atoms with van der Waals surface area (Å²) in [5.41, 5.74) is 3.21. The van der Waals surface area contributed by atoms with E-state index in [0.717, 1.165) is 22.4 Å². The van der Waals surface area contributed by atoms with Crippen LogP contribution in [0.2, 0.25) is 0 Å². The molecule has 2 N–H and O–H groups in total. The Morgan fingerprint density at radius 3 is 2.54 bits per heavy atom. The maximum Gasteiger partial charge on any atom is 0.221 e. The van der Waals surface area contributed by atoms with Crippen molar-refractivity contribution in [3.8, 4) is 0 Å². The summed E-state index contributed by atoms with van der Waals surface area (Å²) in [6.45, 7) is 0.586. The number of carbonyl (C=O) groups excluding carboxylic acids is 1. The molecule has 3 aromatic rings. The number of carbonyl (C=O) groups is 1. The molecular weight excluding hydrogens is 300 g/mol. The monoisotopic (exact) mass is 322 g/mol. The van der Waals surface area contributed by atoms with Gasteiger partial charge in [-0.25, -0.2) is 4.98 Å². The third-order valence-corrected chi connectivity index (χ3v) is 4.19. The second-order valence-electron chi connectivity index (χ2n) is 5.74. The molecule has 5 nitrogen and oxygen atoms in total. The molecule has 1 heterocycles. The fourth-order valence-corrected chi connectivity index (χ4v) is 2.88. The van der Waals surface area contributed by atoms with E-state index >= 15 is 0 Å². The first-order chi connectivity index (χ1) is 11.7. The molecule has 0 bridgehead atoms. The molecule has 0 aliphatic heterocycles. The van der Waals surface area contributed by atoms with Gasteiger partial charge in [0.15, 0.2) is 0 Å². The molecule has 1 amide bonds. The summed E-state index contributed by atoms with van der Waals surface area (Å²) in [6.07, 6.45) is 0.434. The third kappa shape index (κ3) is 3.31. The molecule has 1 unspecified atom stereocenters. The van der Waals surface area contributed by atoms with Crippen LogP contribution in [0.1, 0.15) is 23.9 Å². The Labute approximate surface area is 141 Å². The Hall–Kier alpha value is -2.66. The molecule has 2 aromatic carbocycles. The number of nitrogens with one attached hydrogen (secondary N) is 2. The van der Waals surface area contributed by atoms with E-state index in [0.29, 0.717) is 13.0 Å². The predicted molar refractivity (Wildman–Crippen MR) is 95.7 cm³/mol. The summed E-state index contributed by atoms with van der Waals surface area (Å²) in [6, 6.07) is 18.2. The van der Waals surface area contributed by atoms with Crippen LogP contribution >= 0.6 is 0 Å². The fourth-order valence-electron chi connectivity index (χ4n) is 2.88. The lowest BCUT2D eigenvalue weighted by Gasteiger charge is -2.19. The molecule has 0 aliphatic carbocycles. The Morgan fingerprint density at radius 1 is 1.12 bits per heavy atom. The van der Waals surface area contributed by atoms with Crippen molar-refractivity contribution >= 4 is 16.9 Å². The van der Waals surface area contributed by atoms with E-state index in [1.54, 1.807) is 7.05 Å². The van der Waals surface area contributed by atoms with E-state index in [2.05, 4.69) is 33.4 Å². The molecule has 0 fully saturated rings. The minimum absolute atomic E-state index is 0.0271. The SMILES string of the molecule is CNC(=O)CCNC(c1ccccc1)c1nc2ccccc2n1C. The maximum absolute atomic E-state index is 11.5. The highest BCUT2D eigenvalue weighted by Gasteiger charge is 2.20. The minimum atomic E-state index is -0.0618. The molecule has 0 spiro atoms. The van der Waals surface area contributed by atoms with Gasteiger partial charge in [0.1, 0.15) is 5.82 Å². The van der Waals surface area contributed by atoms with Crippen molar-refractivity contribution in [3.63, 3.8) is 0 Å². The largest absolute Gasteiger partial charge is 0.359 e. The predicted octanol–water partition coefficient (Wildman–Crippen LogP) is 2.39. The lowest BCUT2D eigenvalue weighted by Crippen LogP contribution is -2.29. The lowest BCUT2D eigenvalue weighted by molar-refractivity contribution is -0.120. The number of aromatic nitrogens is 2. The first-order valence-electron chi connectivity index (χ1n) is 8.11. The van der Waals surface area contributed by atoms with Gasteiger partial charge in [0, 0.05) is 27.1 Å². The van der Waals surface area contributed by atoms with Crippen molar-refractivity contribution in [2.75, 3.05) is 13.6 Å². The van der Waals surface area contributed by atoms with Crippen molar-refractivity contribution in [3.05, 3.63) is 66.0 Å². The smallest absolute Gasteiger partial charge is 0.221 e. The number of benzene rings is 2. The number of amides is 1. The number of para-hydroxylation sites is 2. The van der Waals surface area contributed by atoms with Crippen LogP contribution in [0.15, 0.2) is 54.6 Å². The molecule has 0 radical (unpaired) electrons. The molecule has 24 heavy (non-hydrogen) atoms. The number of rotatable bonds is 6. The highest BCUT2D eigenvalue weighted by molar-refractivity contribution is 5.76. The van der Waals surface area contributed by atoms with Crippen LogP contribution in [-0.4, -0.2) is 29.1 Å². The second-order valence-corrected chi connectivity index (χ2v) is 5.74. The average molecular weight is 322 g/mol. The van der Waals surface area contributed by atoms with Crippen molar-refractivity contribution in [2.45, 2.75) is 12.5 Å². The van der Waals surface area contributed by atoms with Crippen LogP contribution in [0.4, 0.5) is 0 Å². The summed E-state index contributed by atoms with van der Waals surface area (Å²) in [5, 5.41) is 6.13. The van der Waals surface area contributed by atoms with Crippen LogP contribution in [0.3, 0.4) is 0 Å². The highest BCUT2D eigenvalue weighted by Crippen LogP contribution is 2.24. The van der Waals surface area contributed by atoms with Crippen LogP contribution < -0.4 is 10.6 Å². The van der Waals surface area contributed by atoms with Crippen molar-refractivity contribution in [2.24, 2.45) is 7.05 Å². The number of aryl methyl sites for hydroxylation is 1. The molecule has 3 rings (SSSR count). The lowest BCUT2D eigenvalue weighted by atomic mass is 10.1. The van der Waals surface area contributed by atoms with E-state index in [4.69, 9.17) is 4.98 Å². The third-order valence-electron chi connectivity index (χ3n) is 4.19. The number of hydrogen-bond acceptors (Lipinski definition) is 3. The van der Waals surface area contributed by atoms with Gasteiger partial charge in [-0.15, -0.1) is 0 Å². The zero-order valence-corrected chi connectivity index (χ0v) is 14.0. The number of hydrogen-bond donors (Lipinski definition) is 2. The van der Waals surface area contributed by atoms with E-state index in [9.17, 15) is 4.79 Å². The highest BCUT2D eigenvalue weighted by atomic mass is 16.1. The first kappa shape index (κ1) is 16.2. The standard InChI is InChI=1S/C19H22N4O/c1-20-17(24)12-13-21-18(14-8-4-3-5-9-14)19-22-15-10-6-7-11-16(15)23(19)2/h3-11,18,21H,12-13H2,1-2H3,(H,20,24). The Morgan fingerprint density at radius 2 is 1.83 bits per heavy atom. The Balaban J connectivity index is 1.94. The van der Waals surface area contributed by atoms with Gasteiger partial charge >= 0.3 is 0 Å². The number of imidazole rings is 1. The molecule has 1 aromatic heterocycles. The van der Waals surface area contributed by atoms with Crippen LogP contribution in [0, 0.1) is 0 Å². The van der Waals surface area contributed by atoms with Gasteiger partial charge in [-0.2, -0.15) is 0 Å². The number of fused-ring (bicyclic) bond motifs is 1. The van der Waals surface area contributed by atoms with Gasteiger partial charge in [-0.05, 0) is 17.7 Å². The Kier molecular flexibility index (Phi) is 4.91. The minimum Gasteiger partial charge on any atom is -0.359 e. The summed E-state index contributed by atoms with van der Waals surface area (Å²) in [7, 11) is 3.68. The zero-order chi connectivity index (χ0) is 16.9. The second kappa shape index (κ2) is 7.27. The Bertz CT molecular complexity index is 826. The molecule has 124 valence electrons. The summed E-state index contributed by atoms with van der Waals surface area (Å²) in [4.78, 5) is 16.3. The van der Waals surface area contributed by atoms with Gasteiger partial charge in [0.25, 0.3) is 0 Å². The van der Waals surface area contributed by atoms with Gasteiger partial charge in [0.2, 0.25) is 5.91 Å². The molecule has 1 atom stereocenters. The van der Waals surface area contributed by atoms with Gasteiger partial charge < -0.3 is 15.2 Å². The van der Waals surface area contributed by atoms with Crippen LogP contribution in [0.25, 0.3) is 11.0 Å². The molecule has 0 saturated carbocycles. The van der Waals surface area contributed by atoms with E-state index in [1.165, 1.54) is 0 Å². The molecule has 5 heteroatoms. The quantitative estimate of drug-likeness (QED) is 0.732. The summed E-state index contributed by atoms with van der Waals surface area (Å²) >= 11 is 0. The van der Waals surface area contributed by atoms with E-state index in [1.807, 2.05) is 43.4 Å². The molecule has 0 saturated heterocycles. The van der Waals surface area contributed by atoms with Gasteiger partial charge in [-0.1, -0.05) is 42.5 Å². The zero-order valence-electron chi connectivity index (χ0n) is 14.0. The maximum atomic E-state index is 11.5. The van der Waals surface area contributed by atoms with Gasteiger partial charge in [-0.3, -0.25) is 4.79 Å². The first-order valence-corrected chi connectivity index (χ1v) is 8.11. The van der Waals surface area contributed by atoms with Crippen molar-refractivity contribution in [1.82, 2.24) is 20.2 Å².